The van der Waals surface area contributed by atoms with Crippen molar-refractivity contribution in [2.24, 2.45) is 0 Å². The highest BCUT2D eigenvalue weighted by molar-refractivity contribution is 6.30. The molecule has 0 aromatic heterocycles. The number of nitrogens with zero attached hydrogens (tertiary/aromatic N) is 4. The van der Waals surface area contributed by atoms with E-state index in [4.69, 9.17) is 11.6 Å². The standard InChI is InChI=1S/C45H50ClFN6O3/c1-29-25-42(48-35-9-7-34(46)8-10-35)40-27-33(6-15-43(40)53(29)30(2)54)32-4-11-36(12-5-32)51-19-17-37(18-20-51)52-23-21-50(22-24-52)28-31-3-13-38(41(47)26-31)39-14-16-44(55)49-45(39)56/h3-13,15,26-27,29,37,39,42,48H,14,16-25,28H2,1-2H3,(H,49,55,56). The predicted octanol–water partition coefficient (Wildman–Crippen LogP) is 7.75. The molecule has 11 heteroatoms. The molecule has 3 unspecified atom stereocenters. The van der Waals surface area contributed by atoms with Gasteiger partial charge < -0.3 is 15.1 Å². The van der Waals surface area contributed by atoms with E-state index in [-0.39, 0.29) is 36.1 Å². The van der Waals surface area contributed by atoms with E-state index in [1.807, 2.05) is 35.2 Å². The summed E-state index contributed by atoms with van der Waals surface area (Å²) in [4.78, 5) is 45.9. The second kappa shape index (κ2) is 16.4. The minimum absolute atomic E-state index is 0.0516. The molecule has 0 bridgehead atoms. The maximum absolute atomic E-state index is 15.1. The first kappa shape index (κ1) is 38.1. The number of anilines is 3. The van der Waals surface area contributed by atoms with Gasteiger partial charge in [0.2, 0.25) is 17.7 Å². The summed E-state index contributed by atoms with van der Waals surface area (Å²) in [5.41, 5.74) is 7.87. The minimum Gasteiger partial charge on any atom is -0.378 e. The van der Waals surface area contributed by atoms with Gasteiger partial charge >= 0.3 is 0 Å². The fourth-order valence-corrected chi connectivity index (χ4v) is 9.37. The summed E-state index contributed by atoms with van der Waals surface area (Å²) in [5.74, 6) is -1.63. The Kier molecular flexibility index (Phi) is 11.1. The lowest BCUT2D eigenvalue weighted by atomic mass is 9.89. The Morgan fingerprint density at radius 3 is 2.23 bits per heavy atom. The molecule has 3 atom stereocenters. The molecule has 4 heterocycles. The first-order chi connectivity index (χ1) is 27.1. The van der Waals surface area contributed by atoms with Crippen LogP contribution in [-0.4, -0.2) is 78.9 Å². The Labute approximate surface area is 333 Å². The topological polar surface area (TPSA) is 88.2 Å². The lowest BCUT2D eigenvalue weighted by molar-refractivity contribution is -0.134. The van der Waals surface area contributed by atoms with Crippen LogP contribution in [0, 0.1) is 5.82 Å². The van der Waals surface area contributed by atoms with E-state index in [9.17, 15) is 14.4 Å². The van der Waals surface area contributed by atoms with Crippen LogP contribution in [-0.2, 0) is 20.9 Å². The molecule has 0 aliphatic carbocycles. The highest BCUT2D eigenvalue weighted by atomic mass is 35.5. The second-order valence-corrected chi connectivity index (χ2v) is 16.3. The number of hydrogen-bond acceptors (Lipinski definition) is 7. The number of carbonyl (C=O) groups excluding carboxylic acids is 3. The number of hydrogen-bond donors (Lipinski definition) is 2. The summed E-state index contributed by atoms with van der Waals surface area (Å²) in [7, 11) is 0. The number of imide groups is 1. The smallest absolute Gasteiger partial charge is 0.234 e. The molecule has 3 amide bonds. The van der Waals surface area contributed by atoms with Crippen molar-refractivity contribution in [1.82, 2.24) is 15.1 Å². The molecule has 9 nitrogen and oxygen atoms in total. The summed E-state index contributed by atoms with van der Waals surface area (Å²) in [5, 5.41) is 6.73. The molecule has 292 valence electrons. The number of halogens is 2. The third kappa shape index (κ3) is 8.19. The van der Waals surface area contributed by atoms with Gasteiger partial charge in [-0.25, -0.2) is 4.39 Å². The normalized spacial score (nSPS) is 22.5. The van der Waals surface area contributed by atoms with Crippen molar-refractivity contribution in [1.29, 1.82) is 0 Å². The molecule has 0 saturated carbocycles. The van der Waals surface area contributed by atoms with Crippen molar-refractivity contribution in [2.45, 2.75) is 76.5 Å². The molecule has 4 aromatic rings. The molecule has 56 heavy (non-hydrogen) atoms. The Bertz CT molecular complexity index is 2080. The van der Waals surface area contributed by atoms with Gasteiger partial charge in [0, 0.05) is 98.9 Å². The molecular weight excluding hydrogens is 727 g/mol. The van der Waals surface area contributed by atoms with Gasteiger partial charge in [-0.1, -0.05) is 41.9 Å². The number of nitrogens with one attached hydrogen (secondary N) is 2. The lowest BCUT2D eigenvalue weighted by Gasteiger charge is -2.43. The molecule has 3 saturated heterocycles. The fourth-order valence-electron chi connectivity index (χ4n) is 9.25. The zero-order valence-electron chi connectivity index (χ0n) is 32.1. The van der Waals surface area contributed by atoms with Gasteiger partial charge in [-0.05, 0) is 109 Å². The van der Waals surface area contributed by atoms with Crippen LogP contribution in [0.1, 0.15) is 74.6 Å². The minimum atomic E-state index is -0.610. The maximum Gasteiger partial charge on any atom is 0.234 e. The number of piperidine rings is 2. The number of benzene rings is 4. The van der Waals surface area contributed by atoms with E-state index in [1.165, 1.54) is 5.69 Å². The SMILES string of the molecule is CC(=O)N1c2ccc(-c3ccc(N4CCC(N5CCN(Cc6ccc(C7CCC(=O)NC7=O)c(F)c6)CC5)CC4)cc3)cc2C(Nc2ccc(Cl)cc2)CC1C. The molecule has 0 radical (unpaired) electrons. The van der Waals surface area contributed by atoms with Crippen LogP contribution < -0.4 is 20.4 Å². The summed E-state index contributed by atoms with van der Waals surface area (Å²) in [6.45, 7) is 10.3. The van der Waals surface area contributed by atoms with E-state index in [2.05, 4.69) is 74.7 Å². The summed E-state index contributed by atoms with van der Waals surface area (Å²) in [6, 6.07) is 29.0. The van der Waals surface area contributed by atoms with Gasteiger partial charge in [0.25, 0.3) is 0 Å². The molecule has 2 N–H and O–H groups in total. The highest BCUT2D eigenvalue weighted by Crippen LogP contribution is 2.41. The first-order valence-corrected chi connectivity index (χ1v) is 20.4. The van der Waals surface area contributed by atoms with Gasteiger partial charge in [0.1, 0.15) is 5.82 Å². The molecule has 3 fully saturated rings. The van der Waals surface area contributed by atoms with Crippen molar-refractivity contribution in [3.8, 4) is 11.1 Å². The summed E-state index contributed by atoms with van der Waals surface area (Å²) in [6.07, 6.45) is 3.62. The van der Waals surface area contributed by atoms with Gasteiger partial charge in [-0.15, -0.1) is 0 Å². The molecule has 4 aromatic carbocycles. The lowest BCUT2D eigenvalue weighted by Crippen LogP contribution is -2.53. The van der Waals surface area contributed by atoms with Crippen LogP contribution in [0.5, 0.6) is 0 Å². The first-order valence-electron chi connectivity index (χ1n) is 20.0. The Hall–Kier alpha value is -4.77. The monoisotopic (exact) mass is 776 g/mol. The third-order valence-corrected chi connectivity index (χ3v) is 12.5. The Morgan fingerprint density at radius 2 is 1.55 bits per heavy atom. The van der Waals surface area contributed by atoms with Crippen LogP contribution in [0.4, 0.5) is 21.5 Å². The van der Waals surface area contributed by atoms with Gasteiger partial charge in [-0.2, -0.15) is 0 Å². The van der Waals surface area contributed by atoms with E-state index in [0.717, 1.165) is 92.2 Å². The average Bonchev–Trinajstić information content (AvgIpc) is 3.19. The number of piperazine rings is 1. The molecule has 0 spiro atoms. The number of amides is 3. The molecule has 4 aliphatic rings. The Morgan fingerprint density at radius 1 is 0.839 bits per heavy atom. The fraction of sp³-hybridized carbons (Fsp3) is 0.400. The van der Waals surface area contributed by atoms with Crippen LogP contribution in [0.3, 0.4) is 0 Å². The van der Waals surface area contributed by atoms with E-state index in [0.29, 0.717) is 29.6 Å². The van der Waals surface area contributed by atoms with E-state index >= 15 is 4.39 Å². The van der Waals surface area contributed by atoms with Crippen molar-refractivity contribution < 1.29 is 18.8 Å². The third-order valence-electron chi connectivity index (χ3n) is 12.2. The largest absolute Gasteiger partial charge is 0.378 e. The number of fused-ring (bicyclic) bond motifs is 1. The van der Waals surface area contributed by atoms with Crippen LogP contribution in [0.25, 0.3) is 11.1 Å². The Balaban J connectivity index is 0.851. The van der Waals surface area contributed by atoms with Gasteiger partial charge in [-0.3, -0.25) is 29.5 Å². The van der Waals surface area contributed by atoms with Gasteiger partial charge in [0.05, 0.1) is 12.0 Å². The van der Waals surface area contributed by atoms with Crippen LogP contribution in [0.15, 0.2) is 84.9 Å². The maximum atomic E-state index is 15.1. The van der Waals surface area contributed by atoms with Crippen LogP contribution >= 0.6 is 11.6 Å². The average molecular weight is 777 g/mol. The number of carbonyl (C=O) groups is 3. The predicted molar refractivity (Wildman–Crippen MR) is 221 cm³/mol. The van der Waals surface area contributed by atoms with Gasteiger partial charge in [0.15, 0.2) is 0 Å². The number of rotatable bonds is 8. The molecular formula is C45H50ClFN6O3. The molecule has 4 aliphatic heterocycles. The van der Waals surface area contributed by atoms with Crippen molar-refractivity contribution in [3.63, 3.8) is 0 Å². The van der Waals surface area contributed by atoms with Crippen molar-refractivity contribution >= 4 is 46.4 Å². The summed E-state index contributed by atoms with van der Waals surface area (Å²) < 4.78 is 15.1. The zero-order valence-corrected chi connectivity index (χ0v) is 32.9. The second-order valence-electron chi connectivity index (χ2n) is 15.9. The highest BCUT2D eigenvalue weighted by Gasteiger charge is 2.34. The van der Waals surface area contributed by atoms with E-state index < -0.39 is 11.8 Å². The van der Waals surface area contributed by atoms with Crippen LogP contribution in [0.2, 0.25) is 5.02 Å². The summed E-state index contributed by atoms with van der Waals surface area (Å²) >= 11 is 6.15. The molecule has 8 rings (SSSR count). The zero-order chi connectivity index (χ0) is 38.9. The quantitative estimate of drug-likeness (QED) is 0.177. The van der Waals surface area contributed by atoms with Crippen molar-refractivity contribution in [3.05, 3.63) is 112 Å². The van der Waals surface area contributed by atoms with E-state index in [1.54, 1.807) is 19.1 Å². The van der Waals surface area contributed by atoms with Crippen molar-refractivity contribution in [2.75, 3.05) is 54.4 Å².